The summed E-state index contributed by atoms with van der Waals surface area (Å²) in [6.07, 6.45) is 0. The Balaban J connectivity index is 2.52. The molecule has 1 aromatic heterocycles. The summed E-state index contributed by atoms with van der Waals surface area (Å²) < 4.78 is 1.86. The topological polar surface area (TPSA) is 55.9 Å². The van der Waals surface area contributed by atoms with E-state index in [2.05, 4.69) is 24.3 Å². The van der Waals surface area contributed by atoms with Gasteiger partial charge in [0.05, 0.1) is 5.69 Å². The van der Waals surface area contributed by atoms with Gasteiger partial charge in [0.25, 0.3) is 0 Å². The van der Waals surface area contributed by atoms with Crippen molar-refractivity contribution in [3.8, 4) is 0 Å². The van der Waals surface area contributed by atoms with Crippen LogP contribution in [0.4, 0.5) is 5.82 Å². The molecule has 1 aromatic rings. The van der Waals surface area contributed by atoms with Crippen LogP contribution in [0.25, 0.3) is 0 Å². The third kappa shape index (κ3) is 3.23. The summed E-state index contributed by atoms with van der Waals surface area (Å²) in [5.74, 6) is 2.18. The normalized spacial score (nSPS) is 13.2. The van der Waals surface area contributed by atoms with Gasteiger partial charge in [-0.3, -0.25) is 4.68 Å². The molecule has 3 N–H and O–H groups in total. The van der Waals surface area contributed by atoms with Gasteiger partial charge in [-0.15, -0.1) is 0 Å². The summed E-state index contributed by atoms with van der Waals surface area (Å²) in [7, 11) is 1.95. The molecule has 0 aromatic carbocycles. The number of rotatable bonds is 5. The Bertz CT molecular complexity index is 304. The molecule has 4 heteroatoms. The number of hydrogen-bond acceptors (Lipinski definition) is 3. The molecule has 0 aliphatic heterocycles. The predicted octanol–water partition coefficient (Wildman–Crippen LogP) is 1.37. The van der Waals surface area contributed by atoms with E-state index in [-0.39, 0.29) is 0 Å². The quantitative estimate of drug-likeness (QED) is 0.771. The summed E-state index contributed by atoms with van der Waals surface area (Å²) in [5, 5.41) is 7.67. The van der Waals surface area contributed by atoms with Gasteiger partial charge in [-0.25, -0.2) is 0 Å². The number of nitrogens with one attached hydrogen (secondary N) is 1. The fraction of sp³-hybridized carbons (Fsp3) is 0.727. The van der Waals surface area contributed by atoms with Crippen molar-refractivity contribution in [1.82, 2.24) is 9.78 Å². The zero-order valence-corrected chi connectivity index (χ0v) is 10.1. The molecule has 0 bridgehead atoms. The van der Waals surface area contributed by atoms with Crippen molar-refractivity contribution in [1.29, 1.82) is 0 Å². The Morgan fingerprint density at radius 2 is 2.20 bits per heavy atom. The van der Waals surface area contributed by atoms with Crippen molar-refractivity contribution < 1.29 is 0 Å². The van der Waals surface area contributed by atoms with Crippen molar-refractivity contribution in [3.05, 3.63) is 11.8 Å². The van der Waals surface area contributed by atoms with Gasteiger partial charge in [0.1, 0.15) is 5.82 Å². The van der Waals surface area contributed by atoms with Gasteiger partial charge in [0.2, 0.25) is 0 Å². The van der Waals surface area contributed by atoms with Crippen LogP contribution in [0.5, 0.6) is 0 Å². The van der Waals surface area contributed by atoms with Crippen LogP contribution >= 0.6 is 0 Å². The zero-order valence-electron chi connectivity index (χ0n) is 10.1. The van der Waals surface area contributed by atoms with E-state index in [0.29, 0.717) is 11.8 Å². The van der Waals surface area contributed by atoms with Crippen LogP contribution in [-0.4, -0.2) is 22.9 Å². The van der Waals surface area contributed by atoms with E-state index >= 15 is 0 Å². The molecule has 86 valence electrons. The van der Waals surface area contributed by atoms with Crippen LogP contribution in [0.15, 0.2) is 6.07 Å². The minimum atomic E-state index is 0.514. The van der Waals surface area contributed by atoms with Gasteiger partial charge in [-0.1, -0.05) is 13.8 Å². The van der Waals surface area contributed by atoms with Gasteiger partial charge in [0.15, 0.2) is 0 Å². The molecule has 1 rings (SSSR count). The lowest BCUT2D eigenvalue weighted by Crippen LogP contribution is -2.27. The molecule has 0 amide bonds. The number of hydrogen-bond donors (Lipinski definition) is 2. The number of aromatic nitrogens is 2. The summed E-state index contributed by atoms with van der Waals surface area (Å²) in [6.45, 7) is 8.03. The molecule has 1 heterocycles. The smallest absolute Gasteiger partial charge is 0.124 e. The van der Waals surface area contributed by atoms with Crippen LogP contribution in [0, 0.1) is 18.8 Å². The minimum Gasteiger partial charge on any atom is -0.370 e. The Morgan fingerprint density at radius 3 is 2.60 bits per heavy atom. The minimum absolute atomic E-state index is 0.514. The maximum absolute atomic E-state index is 5.72. The first kappa shape index (κ1) is 12.0. The molecule has 0 aliphatic carbocycles. The standard InChI is InChI=1S/C11H22N4/c1-8(2)10(6-12)7-13-11-5-9(3)14-15(11)4/h5,8,10,13H,6-7,12H2,1-4H3. The van der Waals surface area contributed by atoms with E-state index < -0.39 is 0 Å². The molecule has 0 saturated heterocycles. The van der Waals surface area contributed by atoms with Crippen LogP contribution in [0.1, 0.15) is 19.5 Å². The predicted molar refractivity (Wildman–Crippen MR) is 63.8 cm³/mol. The Hall–Kier alpha value is -1.03. The molecule has 15 heavy (non-hydrogen) atoms. The monoisotopic (exact) mass is 210 g/mol. The van der Waals surface area contributed by atoms with Gasteiger partial charge >= 0.3 is 0 Å². The summed E-state index contributed by atoms with van der Waals surface area (Å²) >= 11 is 0. The molecule has 0 aliphatic rings. The molecule has 1 atom stereocenters. The van der Waals surface area contributed by atoms with E-state index in [4.69, 9.17) is 5.73 Å². The molecule has 0 radical (unpaired) electrons. The summed E-state index contributed by atoms with van der Waals surface area (Å²) in [5.41, 5.74) is 6.75. The average molecular weight is 210 g/mol. The maximum Gasteiger partial charge on any atom is 0.124 e. The van der Waals surface area contributed by atoms with Crippen molar-refractivity contribution in [2.24, 2.45) is 24.6 Å². The molecular formula is C11H22N4. The highest BCUT2D eigenvalue weighted by molar-refractivity contribution is 5.36. The van der Waals surface area contributed by atoms with Crippen LogP contribution < -0.4 is 11.1 Å². The number of nitrogens with two attached hydrogens (primary N) is 1. The van der Waals surface area contributed by atoms with Crippen molar-refractivity contribution in [2.75, 3.05) is 18.4 Å². The fourth-order valence-corrected chi connectivity index (χ4v) is 1.60. The zero-order chi connectivity index (χ0) is 11.4. The second-order valence-electron chi connectivity index (χ2n) is 4.42. The first-order valence-electron chi connectivity index (χ1n) is 5.49. The Morgan fingerprint density at radius 1 is 1.53 bits per heavy atom. The molecular weight excluding hydrogens is 188 g/mol. The summed E-state index contributed by atoms with van der Waals surface area (Å²) in [4.78, 5) is 0. The molecule has 0 saturated carbocycles. The average Bonchev–Trinajstić information content (AvgIpc) is 2.45. The third-order valence-corrected chi connectivity index (χ3v) is 2.79. The lowest BCUT2D eigenvalue weighted by molar-refractivity contribution is 0.412. The van der Waals surface area contributed by atoms with Gasteiger partial charge < -0.3 is 11.1 Å². The van der Waals surface area contributed by atoms with E-state index in [1.54, 1.807) is 0 Å². The summed E-state index contributed by atoms with van der Waals surface area (Å²) in [6, 6.07) is 2.05. The van der Waals surface area contributed by atoms with Gasteiger partial charge in [0, 0.05) is 19.7 Å². The fourth-order valence-electron chi connectivity index (χ4n) is 1.60. The number of anilines is 1. The van der Waals surface area contributed by atoms with Crippen LogP contribution in [0.3, 0.4) is 0 Å². The van der Waals surface area contributed by atoms with Gasteiger partial charge in [-0.05, 0) is 25.3 Å². The lowest BCUT2D eigenvalue weighted by atomic mass is 9.96. The maximum atomic E-state index is 5.72. The van der Waals surface area contributed by atoms with Crippen molar-refractivity contribution in [3.63, 3.8) is 0 Å². The number of nitrogens with zero attached hydrogens (tertiary/aromatic N) is 2. The van der Waals surface area contributed by atoms with Crippen molar-refractivity contribution >= 4 is 5.82 Å². The first-order chi connectivity index (χ1) is 7.04. The number of aryl methyl sites for hydroxylation is 2. The van der Waals surface area contributed by atoms with Crippen LogP contribution in [-0.2, 0) is 7.05 Å². The Labute approximate surface area is 91.8 Å². The SMILES string of the molecule is Cc1cc(NCC(CN)C(C)C)n(C)n1. The molecule has 4 nitrogen and oxygen atoms in total. The highest BCUT2D eigenvalue weighted by atomic mass is 15.3. The molecule has 0 fully saturated rings. The molecule has 0 spiro atoms. The van der Waals surface area contributed by atoms with E-state index in [9.17, 15) is 0 Å². The largest absolute Gasteiger partial charge is 0.370 e. The second kappa shape index (κ2) is 5.16. The van der Waals surface area contributed by atoms with Crippen LogP contribution in [0.2, 0.25) is 0 Å². The highest BCUT2D eigenvalue weighted by Crippen LogP contribution is 2.12. The van der Waals surface area contributed by atoms with E-state index in [1.165, 1.54) is 0 Å². The third-order valence-electron chi connectivity index (χ3n) is 2.79. The first-order valence-corrected chi connectivity index (χ1v) is 5.49. The van der Waals surface area contributed by atoms with E-state index in [0.717, 1.165) is 24.6 Å². The van der Waals surface area contributed by atoms with E-state index in [1.807, 2.05) is 24.7 Å². The Kier molecular flexibility index (Phi) is 4.15. The second-order valence-corrected chi connectivity index (χ2v) is 4.42. The van der Waals surface area contributed by atoms with Crippen molar-refractivity contribution in [2.45, 2.75) is 20.8 Å². The highest BCUT2D eigenvalue weighted by Gasteiger charge is 2.11. The molecule has 1 unspecified atom stereocenters. The lowest BCUT2D eigenvalue weighted by Gasteiger charge is -2.19. The van der Waals surface area contributed by atoms with Gasteiger partial charge in [-0.2, -0.15) is 5.10 Å².